The van der Waals surface area contributed by atoms with Crippen molar-refractivity contribution in [1.29, 1.82) is 0 Å². The Hall–Kier alpha value is -1.44. The monoisotopic (exact) mass is 186 g/mol. The van der Waals surface area contributed by atoms with E-state index >= 15 is 0 Å². The van der Waals surface area contributed by atoms with Crippen LogP contribution >= 0.6 is 0 Å². The quantitative estimate of drug-likeness (QED) is 0.720. The lowest BCUT2D eigenvalue weighted by atomic mass is 9.97. The van der Waals surface area contributed by atoms with E-state index in [0.29, 0.717) is 5.92 Å². The Bertz CT molecular complexity index is 437. The van der Waals surface area contributed by atoms with Crippen LogP contribution in [0.15, 0.2) is 30.5 Å². The summed E-state index contributed by atoms with van der Waals surface area (Å²) in [5, 5.41) is 9.09. The van der Waals surface area contributed by atoms with E-state index in [2.05, 4.69) is 36.2 Å². The molecule has 1 heterocycles. The maximum Gasteiger partial charge on any atom is 0.0929 e. The molecule has 0 bridgehead atoms. The minimum Gasteiger partial charge on any atom is -0.159 e. The van der Waals surface area contributed by atoms with Crippen LogP contribution in [0.25, 0.3) is 10.9 Å². The Morgan fingerprint density at radius 3 is 2.93 bits per heavy atom. The number of benzene rings is 1. The predicted molar refractivity (Wildman–Crippen MR) is 58.2 cm³/mol. The van der Waals surface area contributed by atoms with E-state index in [0.717, 1.165) is 5.52 Å². The highest BCUT2D eigenvalue weighted by Crippen LogP contribution is 2.21. The molecule has 1 atom stereocenters. The predicted octanol–water partition coefficient (Wildman–Crippen LogP) is 3.14. The zero-order valence-corrected chi connectivity index (χ0v) is 8.57. The first-order chi connectivity index (χ1) is 6.81. The summed E-state index contributed by atoms with van der Waals surface area (Å²) in [5.41, 5.74) is 2.35. The second-order valence-electron chi connectivity index (χ2n) is 3.66. The minimum absolute atomic E-state index is 0.618. The minimum atomic E-state index is 0.618. The summed E-state index contributed by atoms with van der Waals surface area (Å²) < 4.78 is 0. The fraction of sp³-hybridized carbons (Fsp3) is 0.333. The molecule has 2 rings (SSSR count). The van der Waals surface area contributed by atoms with Crippen molar-refractivity contribution in [3.8, 4) is 0 Å². The van der Waals surface area contributed by atoms with Crippen molar-refractivity contribution in [2.45, 2.75) is 26.2 Å². The molecule has 0 aliphatic heterocycles. The summed E-state index contributed by atoms with van der Waals surface area (Å²) >= 11 is 0. The van der Waals surface area contributed by atoms with Crippen LogP contribution in [0.1, 0.15) is 31.7 Å². The fourth-order valence-electron chi connectivity index (χ4n) is 1.55. The number of aromatic nitrogens is 2. The van der Waals surface area contributed by atoms with Crippen molar-refractivity contribution >= 4 is 10.9 Å². The Balaban J connectivity index is 2.51. The smallest absolute Gasteiger partial charge is 0.0929 e. The van der Waals surface area contributed by atoms with Crippen LogP contribution in [0, 0.1) is 0 Å². The lowest BCUT2D eigenvalue weighted by molar-refractivity contribution is 0.734. The molecular formula is C12H14N2. The molecule has 1 aromatic heterocycles. The van der Waals surface area contributed by atoms with Gasteiger partial charge in [-0.3, -0.25) is 0 Å². The van der Waals surface area contributed by atoms with Crippen molar-refractivity contribution in [1.82, 2.24) is 10.2 Å². The van der Waals surface area contributed by atoms with Crippen molar-refractivity contribution in [2.75, 3.05) is 0 Å². The van der Waals surface area contributed by atoms with Crippen LogP contribution in [0.3, 0.4) is 0 Å². The SMILES string of the molecule is CCC(C)c1ccc2nnccc2c1. The third kappa shape index (κ3) is 1.60. The van der Waals surface area contributed by atoms with Gasteiger partial charge in [-0.2, -0.15) is 10.2 Å². The van der Waals surface area contributed by atoms with Crippen LogP contribution in [0.5, 0.6) is 0 Å². The van der Waals surface area contributed by atoms with E-state index < -0.39 is 0 Å². The van der Waals surface area contributed by atoms with Gasteiger partial charge in [0.05, 0.1) is 11.7 Å². The topological polar surface area (TPSA) is 25.8 Å². The molecule has 72 valence electrons. The van der Waals surface area contributed by atoms with Crippen LogP contribution in [-0.2, 0) is 0 Å². The van der Waals surface area contributed by atoms with Crippen LogP contribution in [-0.4, -0.2) is 10.2 Å². The molecule has 0 spiro atoms. The second-order valence-corrected chi connectivity index (χ2v) is 3.66. The van der Waals surface area contributed by atoms with E-state index in [1.165, 1.54) is 17.4 Å². The third-order valence-electron chi connectivity index (χ3n) is 2.72. The third-order valence-corrected chi connectivity index (χ3v) is 2.72. The number of nitrogens with zero attached hydrogens (tertiary/aromatic N) is 2. The van der Waals surface area contributed by atoms with Gasteiger partial charge >= 0.3 is 0 Å². The molecule has 1 unspecified atom stereocenters. The number of hydrogen-bond donors (Lipinski definition) is 0. The lowest BCUT2D eigenvalue weighted by Crippen LogP contribution is -1.91. The largest absolute Gasteiger partial charge is 0.159 e. The zero-order chi connectivity index (χ0) is 9.97. The molecule has 0 aliphatic rings. The van der Waals surface area contributed by atoms with Gasteiger partial charge in [0.2, 0.25) is 0 Å². The summed E-state index contributed by atoms with van der Waals surface area (Å²) in [7, 11) is 0. The Labute approximate surface area is 84.0 Å². The maximum atomic E-state index is 4.06. The van der Waals surface area contributed by atoms with Crippen molar-refractivity contribution in [3.05, 3.63) is 36.0 Å². The summed E-state index contributed by atoms with van der Waals surface area (Å²) in [6.07, 6.45) is 2.91. The Morgan fingerprint density at radius 2 is 2.14 bits per heavy atom. The van der Waals surface area contributed by atoms with Crippen molar-refractivity contribution in [3.63, 3.8) is 0 Å². The van der Waals surface area contributed by atoms with E-state index in [9.17, 15) is 0 Å². The number of rotatable bonds is 2. The first-order valence-corrected chi connectivity index (χ1v) is 5.02. The fourth-order valence-corrected chi connectivity index (χ4v) is 1.55. The molecule has 0 saturated heterocycles. The molecular weight excluding hydrogens is 172 g/mol. The molecule has 2 heteroatoms. The van der Waals surface area contributed by atoms with Crippen LogP contribution in [0.4, 0.5) is 0 Å². The highest BCUT2D eigenvalue weighted by molar-refractivity contribution is 5.78. The Kier molecular flexibility index (Phi) is 2.44. The highest BCUT2D eigenvalue weighted by atomic mass is 15.1. The molecule has 0 saturated carbocycles. The summed E-state index contributed by atoms with van der Waals surface area (Å²) in [4.78, 5) is 0. The van der Waals surface area contributed by atoms with E-state index in [4.69, 9.17) is 0 Å². The van der Waals surface area contributed by atoms with Gasteiger partial charge in [0.1, 0.15) is 0 Å². The highest BCUT2D eigenvalue weighted by Gasteiger charge is 2.03. The van der Waals surface area contributed by atoms with Gasteiger partial charge in [-0.05, 0) is 36.1 Å². The van der Waals surface area contributed by atoms with E-state index in [1.54, 1.807) is 6.20 Å². The molecule has 14 heavy (non-hydrogen) atoms. The zero-order valence-electron chi connectivity index (χ0n) is 8.57. The van der Waals surface area contributed by atoms with E-state index in [-0.39, 0.29) is 0 Å². The molecule has 2 aromatic rings. The van der Waals surface area contributed by atoms with Gasteiger partial charge in [0.15, 0.2) is 0 Å². The first kappa shape index (κ1) is 9.13. The summed E-state index contributed by atoms with van der Waals surface area (Å²) in [6, 6.07) is 8.40. The van der Waals surface area contributed by atoms with Crippen molar-refractivity contribution in [2.24, 2.45) is 0 Å². The number of fused-ring (bicyclic) bond motifs is 1. The normalized spacial score (nSPS) is 13.0. The molecule has 0 amide bonds. The van der Waals surface area contributed by atoms with Gasteiger partial charge in [0.25, 0.3) is 0 Å². The first-order valence-electron chi connectivity index (χ1n) is 5.02. The standard InChI is InChI=1S/C12H14N2/c1-3-9(2)10-4-5-12-11(8-10)6-7-13-14-12/h4-9H,3H2,1-2H3. The molecule has 0 N–H and O–H groups in total. The van der Waals surface area contributed by atoms with Crippen LogP contribution < -0.4 is 0 Å². The van der Waals surface area contributed by atoms with Crippen LogP contribution in [0.2, 0.25) is 0 Å². The Morgan fingerprint density at radius 1 is 1.29 bits per heavy atom. The van der Waals surface area contributed by atoms with Crippen molar-refractivity contribution < 1.29 is 0 Å². The molecule has 2 nitrogen and oxygen atoms in total. The van der Waals surface area contributed by atoms with Gasteiger partial charge in [-0.15, -0.1) is 0 Å². The summed E-state index contributed by atoms with van der Waals surface area (Å²) in [6.45, 7) is 4.45. The molecule has 0 fully saturated rings. The second kappa shape index (κ2) is 3.74. The molecule has 1 aromatic carbocycles. The lowest BCUT2D eigenvalue weighted by Gasteiger charge is -2.08. The average molecular weight is 186 g/mol. The average Bonchev–Trinajstić information content (AvgIpc) is 2.27. The molecule has 0 radical (unpaired) electrons. The molecule has 0 aliphatic carbocycles. The van der Waals surface area contributed by atoms with Gasteiger partial charge in [-0.25, -0.2) is 0 Å². The van der Waals surface area contributed by atoms with E-state index in [1.807, 2.05) is 12.1 Å². The van der Waals surface area contributed by atoms with Gasteiger partial charge < -0.3 is 0 Å². The van der Waals surface area contributed by atoms with Gasteiger partial charge in [-0.1, -0.05) is 19.9 Å². The maximum absolute atomic E-state index is 4.06. The van der Waals surface area contributed by atoms with Gasteiger partial charge in [0, 0.05) is 5.39 Å². The number of hydrogen-bond acceptors (Lipinski definition) is 2. The summed E-state index contributed by atoms with van der Waals surface area (Å²) in [5.74, 6) is 0.618.